The molecule has 0 radical (unpaired) electrons. The van der Waals surface area contributed by atoms with Crippen molar-refractivity contribution < 1.29 is 4.79 Å². The number of H-pyrrole nitrogens is 2. The average molecular weight is 438 g/mol. The number of nitrogens with one attached hydrogen (secondary N) is 3. The lowest BCUT2D eigenvalue weighted by Crippen LogP contribution is -2.35. The van der Waals surface area contributed by atoms with Crippen molar-refractivity contribution in [1.82, 2.24) is 19.9 Å². The number of carbonyl (C=O) groups excluding carboxylic acids is 1. The summed E-state index contributed by atoms with van der Waals surface area (Å²) in [6.45, 7) is 0.645. The number of carbonyl (C=O) groups is 1. The molecule has 0 spiro atoms. The Morgan fingerprint density at radius 1 is 0.848 bits per heavy atom. The Hall–Kier alpha value is -4.39. The van der Waals surface area contributed by atoms with Crippen LogP contribution in [-0.4, -0.2) is 27.0 Å². The van der Waals surface area contributed by atoms with Crippen LogP contribution in [-0.2, 0) is 13.0 Å². The first-order valence-corrected chi connectivity index (χ1v) is 10.7. The summed E-state index contributed by atoms with van der Waals surface area (Å²) in [5.74, 6) is -0.165. The monoisotopic (exact) mass is 438 g/mol. The van der Waals surface area contributed by atoms with Gasteiger partial charge in [-0.25, -0.2) is 4.79 Å². The molecule has 0 saturated heterocycles. The van der Waals surface area contributed by atoms with Gasteiger partial charge in [-0.1, -0.05) is 42.5 Å². The smallest absolute Gasteiger partial charge is 0.329 e. The second-order valence-electron chi connectivity index (χ2n) is 7.93. The molecule has 0 saturated carbocycles. The van der Waals surface area contributed by atoms with Crippen LogP contribution < -0.4 is 16.6 Å². The lowest BCUT2D eigenvalue weighted by Gasteiger charge is -2.08. The molecular formula is C26H22N4O3. The molecule has 5 rings (SSSR count). The van der Waals surface area contributed by atoms with Crippen LogP contribution >= 0.6 is 0 Å². The number of rotatable bonds is 6. The van der Waals surface area contributed by atoms with Crippen molar-refractivity contribution in [3.63, 3.8) is 0 Å². The quantitative estimate of drug-likeness (QED) is 0.380. The molecule has 0 bridgehead atoms. The Bertz CT molecular complexity index is 1580. The largest absolute Gasteiger partial charge is 0.361 e. The first-order chi connectivity index (χ1) is 16.1. The predicted octanol–water partition coefficient (Wildman–Crippen LogP) is 3.19. The summed E-state index contributed by atoms with van der Waals surface area (Å²) in [4.78, 5) is 43.6. The van der Waals surface area contributed by atoms with Gasteiger partial charge in [-0.15, -0.1) is 0 Å². The van der Waals surface area contributed by atoms with Crippen molar-refractivity contribution in [3.8, 4) is 0 Å². The second-order valence-corrected chi connectivity index (χ2v) is 7.93. The van der Waals surface area contributed by atoms with E-state index in [2.05, 4.69) is 21.4 Å². The molecule has 2 heterocycles. The van der Waals surface area contributed by atoms with E-state index in [0.29, 0.717) is 23.0 Å². The molecule has 0 fully saturated rings. The number of hydrogen-bond acceptors (Lipinski definition) is 3. The summed E-state index contributed by atoms with van der Waals surface area (Å²) in [7, 11) is 0. The molecule has 1 amide bonds. The van der Waals surface area contributed by atoms with Gasteiger partial charge in [-0.3, -0.25) is 14.2 Å². The van der Waals surface area contributed by atoms with Gasteiger partial charge in [0.2, 0.25) is 0 Å². The molecule has 33 heavy (non-hydrogen) atoms. The van der Waals surface area contributed by atoms with Crippen molar-refractivity contribution in [2.45, 2.75) is 13.0 Å². The Labute approximate surface area is 188 Å². The molecule has 3 aromatic carbocycles. The summed E-state index contributed by atoms with van der Waals surface area (Å²) >= 11 is 0. The van der Waals surface area contributed by atoms with Gasteiger partial charge >= 0.3 is 5.69 Å². The third-order valence-corrected chi connectivity index (χ3v) is 5.80. The number of nitrogens with zero attached hydrogens (tertiary/aromatic N) is 1. The number of benzene rings is 3. The molecule has 0 unspecified atom stereocenters. The number of aromatic amines is 2. The maximum Gasteiger partial charge on any atom is 0.329 e. The summed E-state index contributed by atoms with van der Waals surface area (Å²) in [5, 5.41) is 4.57. The fourth-order valence-electron chi connectivity index (χ4n) is 4.04. The van der Waals surface area contributed by atoms with Gasteiger partial charge in [-0.2, -0.15) is 0 Å². The van der Waals surface area contributed by atoms with Crippen molar-refractivity contribution in [2.75, 3.05) is 6.54 Å². The third kappa shape index (κ3) is 4.08. The van der Waals surface area contributed by atoms with E-state index in [-0.39, 0.29) is 18.0 Å². The van der Waals surface area contributed by atoms with E-state index >= 15 is 0 Å². The van der Waals surface area contributed by atoms with Crippen molar-refractivity contribution in [3.05, 3.63) is 117 Å². The zero-order valence-electron chi connectivity index (χ0n) is 17.8. The Morgan fingerprint density at radius 2 is 1.55 bits per heavy atom. The fourth-order valence-corrected chi connectivity index (χ4v) is 4.04. The van der Waals surface area contributed by atoms with Crippen LogP contribution in [0.3, 0.4) is 0 Å². The second kappa shape index (κ2) is 8.63. The maximum absolute atomic E-state index is 12.7. The van der Waals surface area contributed by atoms with E-state index in [1.54, 1.807) is 48.5 Å². The molecule has 0 atom stereocenters. The highest BCUT2D eigenvalue weighted by molar-refractivity contribution is 5.94. The fraction of sp³-hybridized carbons (Fsp3) is 0.115. The first kappa shape index (κ1) is 20.5. The maximum atomic E-state index is 12.7. The molecule has 3 N–H and O–H groups in total. The number of aromatic nitrogens is 3. The minimum absolute atomic E-state index is 0.126. The highest BCUT2D eigenvalue weighted by Gasteiger charge is 2.10. The average Bonchev–Trinajstić information content (AvgIpc) is 3.25. The number of amides is 1. The minimum atomic E-state index is -0.460. The molecule has 0 aliphatic heterocycles. The highest BCUT2D eigenvalue weighted by atomic mass is 16.2. The van der Waals surface area contributed by atoms with Crippen LogP contribution in [0.15, 0.2) is 88.6 Å². The van der Waals surface area contributed by atoms with E-state index in [1.807, 2.05) is 24.4 Å². The van der Waals surface area contributed by atoms with Gasteiger partial charge in [0.1, 0.15) is 0 Å². The Morgan fingerprint density at radius 3 is 2.33 bits per heavy atom. The minimum Gasteiger partial charge on any atom is -0.361 e. The van der Waals surface area contributed by atoms with Gasteiger partial charge in [0.25, 0.3) is 11.5 Å². The van der Waals surface area contributed by atoms with E-state index < -0.39 is 5.69 Å². The van der Waals surface area contributed by atoms with Gasteiger partial charge in [0.15, 0.2) is 0 Å². The normalized spacial score (nSPS) is 11.2. The Balaban J connectivity index is 1.25. The van der Waals surface area contributed by atoms with Crippen LogP contribution in [0.25, 0.3) is 21.8 Å². The molecular weight excluding hydrogens is 416 g/mol. The molecule has 0 aliphatic carbocycles. The highest BCUT2D eigenvalue weighted by Crippen LogP contribution is 2.17. The van der Waals surface area contributed by atoms with Crippen molar-refractivity contribution in [2.24, 2.45) is 0 Å². The SMILES string of the molecule is O=C(NCCc1c[nH]c2ccccc12)c1ccc(Cn2c(=O)[nH]c3ccccc3c2=O)cc1. The first-order valence-electron chi connectivity index (χ1n) is 10.7. The lowest BCUT2D eigenvalue weighted by atomic mass is 10.1. The molecule has 2 aromatic heterocycles. The zero-order chi connectivity index (χ0) is 22.8. The summed E-state index contributed by atoms with van der Waals surface area (Å²) < 4.78 is 1.17. The molecule has 7 heteroatoms. The standard InChI is InChI=1S/C26H22N4O3/c31-24(27-14-13-19-15-28-22-7-3-1-5-20(19)22)18-11-9-17(10-12-18)16-30-25(32)21-6-2-4-8-23(21)29-26(30)33/h1-12,15,28H,13-14,16H2,(H,27,31)(H,29,33). The van der Waals surface area contributed by atoms with Crippen molar-refractivity contribution in [1.29, 1.82) is 0 Å². The molecule has 0 aliphatic rings. The van der Waals surface area contributed by atoms with E-state index in [4.69, 9.17) is 0 Å². The van der Waals surface area contributed by atoms with Gasteiger partial charge in [-0.05, 0) is 47.9 Å². The van der Waals surface area contributed by atoms with Crippen LogP contribution in [0.5, 0.6) is 0 Å². The molecule has 164 valence electrons. The Kier molecular flexibility index (Phi) is 5.36. The van der Waals surface area contributed by atoms with E-state index in [1.165, 1.54) is 4.57 Å². The van der Waals surface area contributed by atoms with Gasteiger partial charge in [0.05, 0.1) is 17.4 Å². The summed E-state index contributed by atoms with van der Waals surface area (Å²) in [6.07, 6.45) is 2.70. The number of para-hydroxylation sites is 2. The third-order valence-electron chi connectivity index (χ3n) is 5.80. The van der Waals surface area contributed by atoms with E-state index in [0.717, 1.165) is 28.5 Å². The lowest BCUT2D eigenvalue weighted by molar-refractivity contribution is 0.0954. The van der Waals surface area contributed by atoms with Crippen LogP contribution in [0.1, 0.15) is 21.5 Å². The molecule has 5 aromatic rings. The number of fused-ring (bicyclic) bond motifs is 2. The van der Waals surface area contributed by atoms with Crippen LogP contribution in [0.4, 0.5) is 0 Å². The predicted molar refractivity (Wildman–Crippen MR) is 129 cm³/mol. The van der Waals surface area contributed by atoms with Gasteiger partial charge < -0.3 is 15.3 Å². The van der Waals surface area contributed by atoms with Crippen LogP contribution in [0.2, 0.25) is 0 Å². The summed E-state index contributed by atoms with van der Waals surface area (Å²) in [5.41, 5.74) is 3.24. The number of hydrogen-bond donors (Lipinski definition) is 3. The van der Waals surface area contributed by atoms with Crippen molar-refractivity contribution >= 4 is 27.7 Å². The van der Waals surface area contributed by atoms with Crippen LogP contribution in [0, 0.1) is 0 Å². The van der Waals surface area contributed by atoms with E-state index in [9.17, 15) is 14.4 Å². The summed E-state index contributed by atoms with van der Waals surface area (Å²) in [6, 6.07) is 21.9. The van der Waals surface area contributed by atoms with Gasteiger partial charge in [0, 0.05) is 29.2 Å². The topological polar surface area (TPSA) is 99.8 Å². The molecule has 7 nitrogen and oxygen atoms in total. The zero-order valence-corrected chi connectivity index (χ0v) is 17.8.